The van der Waals surface area contributed by atoms with Crippen LogP contribution in [0.15, 0.2) is 30.3 Å². The minimum absolute atomic E-state index is 0.176. The molecule has 0 saturated carbocycles. The van der Waals surface area contributed by atoms with E-state index in [1.165, 1.54) is 6.07 Å². The first kappa shape index (κ1) is 5.04. The Labute approximate surface area is 72.3 Å². The Balaban J connectivity index is 2.78. The molecule has 0 bridgehead atoms. The van der Waals surface area contributed by atoms with E-state index in [4.69, 9.17) is 2.74 Å². The molecule has 0 heterocycles. The van der Waals surface area contributed by atoms with Crippen molar-refractivity contribution in [3.05, 3.63) is 41.4 Å². The number of rotatable bonds is 0. The lowest BCUT2D eigenvalue weighted by atomic mass is 9.96. The van der Waals surface area contributed by atoms with Gasteiger partial charge in [0.1, 0.15) is 0 Å². The van der Waals surface area contributed by atoms with Crippen molar-refractivity contribution in [1.29, 1.82) is 0 Å². The van der Waals surface area contributed by atoms with Crippen molar-refractivity contribution in [3.8, 4) is 0 Å². The predicted molar refractivity (Wildman–Crippen MR) is 44.8 cm³/mol. The summed E-state index contributed by atoms with van der Waals surface area (Å²) in [6.45, 7) is 0. The zero-order valence-electron chi connectivity index (χ0n) is 8.13. The average Bonchev–Trinajstić information content (AvgIpc) is 2.23. The summed E-state index contributed by atoms with van der Waals surface area (Å²) < 4.78 is 14.8. The van der Waals surface area contributed by atoms with Crippen LogP contribution in [-0.2, 0) is 4.79 Å². The molecule has 0 saturated heterocycles. The summed E-state index contributed by atoms with van der Waals surface area (Å²) in [5.41, 5.74) is 0.584. The van der Waals surface area contributed by atoms with Crippen LogP contribution in [0.2, 0.25) is 0 Å². The van der Waals surface area contributed by atoms with Crippen LogP contribution < -0.4 is 0 Å². The molecular weight excluding hydrogens is 152 g/mol. The maximum atomic E-state index is 11.4. The average molecular weight is 160 g/mol. The molecule has 12 heavy (non-hydrogen) atoms. The summed E-state index contributed by atoms with van der Waals surface area (Å²) in [5, 5.41) is 0. The summed E-state index contributed by atoms with van der Waals surface area (Å²) in [7, 11) is 0. The van der Waals surface area contributed by atoms with E-state index in [0.717, 1.165) is 0 Å². The lowest BCUT2D eigenvalue weighted by Gasteiger charge is -2.06. The monoisotopic (exact) mass is 160 g/mol. The Bertz CT molecular complexity index is 475. The van der Waals surface area contributed by atoms with Crippen LogP contribution in [0.4, 0.5) is 0 Å². The van der Waals surface area contributed by atoms with Gasteiger partial charge in [0.15, 0.2) is 0 Å². The molecule has 0 spiro atoms. The van der Waals surface area contributed by atoms with Crippen LogP contribution in [0, 0.1) is 0 Å². The highest BCUT2D eigenvalue weighted by Crippen LogP contribution is 2.16. The fourth-order valence-corrected chi connectivity index (χ4v) is 1.09. The molecule has 2 nitrogen and oxygen atoms in total. The fourth-order valence-electron chi connectivity index (χ4n) is 1.09. The summed E-state index contributed by atoms with van der Waals surface area (Å²) >= 11 is 0. The van der Waals surface area contributed by atoms with Gasteiger partial charge in [0.25, 0.3) is 0 Å². The van der Waals surface area contributed by atoms with Crippen molar-refractivity contribution in [2.75, 3.05) is 0 Å². The van der Waals surface area contributed by atoms with Crippen molar-refractivity contribution in [3.63, 3.8) is 0 Å². The zero-order chi connectivity index (χ0) is 10.3. The highest BCUT2D eigenvalue weighted by molar-refractivity contribution is 6.49. The Morgan fingerprint density at radius 2 is 1.83 bits per heavy atom. The van der Waals surface area contributed by atoms with Gasteiger partial charge < -0.3 is 0 Å². The number of carbonyl (C=O) groups excluding carboxylic acids is 2. The van der Waals surface area contributed by atoms with E-state index in [0.29, 0.717) is 5.56 Å². The van der Waals surface area contributed by atoms with E-state index < -0.39 is 17.6 Å². The third kappa shape index (κ3) is 0.889. The van der Waals surface area contributed by atoms with Gasteiger partial charge in [-0.15, -0.1) is 0 Å². The number of allylic oxidation sites excluding steroid dienone is 1. The summed E-state index contributed by atoms with van der Waals surface area (Å²) in [6.07, 6.45) is 0. The second-order valence-electron chi connectivity index (χ2n) is 2.45. The number of ketones is 2. The first-order chi connectivity index (χ1) is 6.63. The minimum atomic E-state index is -0.895. The van der Waals surface area contributed by atoms with E-state index in [2.05, 4.69) is 0 Å². The molecule has 1 aromatic carbocycles. The van der Waals surface area contributed by atoms with Gasteiger partial charge in [-0.3, -0.25) is 9.59 Å². The molecule has 0 aliphatic heterocycles. The Morgan fingerprint density at radius 3 is 2.67 bits per heavy atom. The molecular formula is C10H6O2. The second-order valence-corrected chi connectivity index (χ2v) is 2.45. The molecule has 0 N–H and O–H groups in total. The highest BCUT2D eigenvalue weighted by Gasteiger charge is 2.19. The van der Waals surface area contributed by atoms with Gasteiger partial charge in [-0.05, 0) is 11.6 Å². The molecule has 0 fully saturated rings. The topological polar surface area (TPSA) is 34.1 Å². The van der Waals surface area contributed by atoms with Crippen molar-refractivity contribution < 1.29 is 12.3 Å². The second kappa shape index (κ2) is 2.41. The smallest absolute Gasteiger partial charge is 0.233 e. The van der Waals surface area contributed by atoms with Crippen LogP contribution in [0.25, 0.3) is 6.05 Å². The Kier molecular flexibility index (Phi) is 1.01. The van der Waals surface area contributed by atoms with E-state index in [-0.39, 0.29) is 11.6 Å². The van der Waals surface area contributed by atoms with E-state index in [1.807, 2.05) is 0 Å². The molecule has 1 aliphatic carbocycles. The van der Waals surface area contributed by atoms with Gasteiger partial charge in [-0.25, -0.2) is 0 Å². The van der Waals surface area contributed by atoms with Gasteiger partial charge in [0.05, 0.1) is 2.74 Å². The number of benzene rings is 1. The summed E-state index contributed by atoms with van der Waals surface area (Å²) in [5.74, 6) is -1.59. The lowest BCUT2D eigenvalue weighted by molar-refractivity contribution is -0.110. The van der Waals surface area contributed by atoms with E-state index >= 15 is 0 Å². The number of carbonyl (C=O) groups is 2. The van der Waals surface area contributed by atoms with Crippen molar-refractivity contribution in [1.82, 2.24) is 0 Å². The number of fused-ring (bicyclic) bond motifs is 1. The Hall–Kier alpha value is -1.70. The molecule has 1 aromatic rings. The fraction of sp³-hybridized carbons (Fsp3) is 0. The van der Waals surface area contributed by atoms with Crippen LogP contribution in [0.1, 0.15) is 18.7 Å². The number of hydrogen-bond donors (Lipinski definition) is 0. The van der Waals surface area contributed by atoms with E-state index in [1.54, 1.807) is 18.2 Å². The first-order valence-corrected chi connectivity index (χ1v) is 3.49. The summed E-state index contributed by atoms with van der Waals surface area (Å²) in [4.78, 5) is 22.6. The predicted octanol–water partition coefficient (Wildman–Crippen LogP) is 1.47. The zero-order valence-corrected chi connectivity index (χ0v) is 6.13. The normalized spacial score (nSPS) is 18.7. The van der Waals surface area contributed by atoms with Crippen molar-refractivity contribution in [2.24, 2.45) is 0 Å². The molecule has 0 amide bonds. The molecule has 1 aliphatic rings. The number of hydrogen-bond acceptors (Lipinski definition) is 2. The molecule has 0 atom stereocenters. The third-order valence-corrected chi connectivity index (χ3v) is 1.69. The standard InChI is InChI=1S/C10H6O2/c11-9-6-5-7-3-1-2-4-8(7)10(9)12/h1-6H/i5D,6D. The van der Waals surface area contributed by atoms with Gasteiger partial charge >= 0.3 is 0 Å². The SMILES string of the molecule is [2H]C1=C([2H])c2ccccc2C(=O)C1=O. The molecule has 2 heteroatoms. The maximum Gasteiger partial charge on any atom is 0.233 e. The lowest BCUT2D eigenvalue weighted by Crippen LogP contribution is -2.15. The first-order valence-electron chi connectivity index (χ1n) is 4.49. The van der Waals surface area contributed by atoms with Crippen LogP contribution in [0.5, 0.6) is 0 Å². The van der Waals surface area contributed by atoms with Crippen LogP contribution >= 0.6 is 0 Å². The third-order valence-electron chi connectivity index (χ3n) is 1.69. The highest BCUT2D eigenvalue weighted by atomic mass is 16.2. The quantitative estimate of drug-likeness (QED) is 0.538. The molecule has 2 rings (SSSR count). The van der Waals surface area contributed by atoms with Gasteiger partial charge in [0.2, 0.25) is 11.6 Å². The van der Waals surface area contributed by atoms with E-state index in [9.17, 15) is 9.59 Å². The number of Topliss-reactive ketones (excluding diaryl/α,β-unsaturated/α-hetero) is 1. The van der Waals surface area contributed by atoms with Gasteiger partial charge in [-0.1, -0.05) is 30.3 Å². The van der Waals surface area contributed by atoms with Gasteiger partial charge in [-0.2, -0.15) is 0 Å². The maximum absolute atomic E-state index is 11.4. The van der Waals surface area contributed by atoms with Crippen LogP contribution in [0.3, 0.4) is 0 Å². The molecule has 0 aromatic heterocycles. The largest absolute Gasteiger partial charge is 0.286 e. The molecule has 58 valence electrons. The van der Waals surface area contributed by atoms with Crippen molar-refractivity contribution >= 4 is 17.6 Å². The molecule has 0 radical (unpaired) electrons. The molecule has 0 unspecified atom stereocenters. The van der Waals surface area contributed by atoms with Crippen LogP contribution in [-0.4, -0.2) is 11.6 Å². The van der Waals surface area contributed by atoms with Gasteiger partial charge in [0, 0.05) is 5.56 Å². The Morgan fingerprint density at radius 1 is 1.08 bits per heavy atom. The summed E-state index contributed by atoms with van der Waals surface area (Å²) in [6, 6.07) is 5.67. The minimum Gasteiger partial charge on any atom is -0.286 e. The van der Waals surface area contributed by atoms with Crippen molar-refractivity contribution in [2.45, 2.75) is 0 Å².